The highest BCUT2D eigenvalue weighted by Gasteiger charge is 2.46. The van der Waals surface area contributed by atoms with E-state index < -0.39 is 17.7 Å². The Balaban J connectivity index is 1.78. The maximum atomic E-state index is 13.2. The van der Waals surface area contributed by atoms with E-state index in [1.54, 1.807) is 66.7 Å². The molecule has 1 unspecified atom stereocenters. The average molecular weight is 474 g/mol. The molecule has 7 heteroatoms. The molecule has 0 saturated carbocycles. The minimum Gasteiger partial charge on any atom is -0.507 e. The maximum absolute atomic E-state index is 13.2. The maximum Gasteiger partial charge on any atom is 0.296 e. The summed E-state index contributed by atoms with van der Waals surface area (Å²) in [6.07, 6.45) is 3.99. The Morgan fingerprint density at radius 2 is 1.89 bits per heavy atom. The number of aliphatic hydroxyl groups is 1. The number of hydrogen-bond acceptors (Lipinski definition) is 6. The second-order valence-corrected chi connectivity index (χ2v) is 8.05. The number of hydrogen-bond donors (Lipinski definition) is 1. The molecule has 4 rings (SSSR count). The molecular weight excluding hydrogens is 446 g/mol. The van der Waals surface area contributed by atoms with E-state index in [9.17, 15) is 14.7 Å². The lowest BCUT2D eigenvalue weighted by Crippen LogP contribution is -2.29. The smallest absolute Gasteiger partial charge is 0.296 e. The number of carbonyl (C=O) groups excluding carboxylic acids is 2. The Kier molecular flexibility index (Phi) is 7.35. The van der Waals surface area contributed by atoms with Crippen LogP contribution in [0, 0.1) is 0 Å². The van der Waals surface area contributed by atoms with Crippen molar-refractivity contribution in [3.8, 4) is 11.5 Å². The van der Waals surface area contributed by atoms with E-state index in [0.717, 1.165) is 6.42 Å². The van der Waals surface area contributed by atoms with Gasteiger partial charge in [0.1, 0.15) is 29.6 Å². The number of amides is 1. The van der Waals surface area contributed by atoms with E-state index >= 15 is 0 Å². The summed E-state index contributed by atoms with van der Waals surface area (Å²) in [5.74, 6) is -0.00958. The summed E-state index contributed by atoms with van der Waals surface area (Å²) < 4.78 is 16.7. The molecule has 180 valence electrons. The number of ketones is 1. The van der Waals surface area contributed by atoms with Gasteiger partial charge in [0.25, 0.3) is 11.7 Å². The summed E-state index contributed by atoms with van der Waals surface area (Å²) in [5, 5.41) is 11.3. The van der Waals surface area contributed by atoms with Crippen LogP contribution in [0.5, 0.6) is 11.5 Å². The van der Waals surface area contributed by atoms with Crippen LogP contribution >= 0.6 is 0 Å². The Morgan fingerprint density at radius 3 is 2.57 bits per heavy atom. The van der Waals surface area contributed by atoms with Crippen LogP contribution in [0.1, 0.15) is 36.3 Å². The Bertz CT molecular complexity index is 1230. The Morgan fingerprint density at radius 1 is 1.09 bits per heavy atom. The van der Waals surface area contributed by atoms with Crippen molar-refractivity contribution in [3.63, 3.8) is 0 Å². The fourth-order valence-electron chi connectivity index (χ4n) is 3.97. The van der Waals surface area contributed by atoms with Crippen molar-refractivity contribution >= 4 is 17.4 Å². The molecule has 0 aliphatic carbocycles. The molecule has 1 saturated heterocycles. The second-order valence-electron chi connectivity index (χ2n) is 8.05. The molecule has 3 aromatic rings. The number of aliphatic hydroxyl groups excluding tert-OH is 1. The predicted molar refractivity (Wildman–Crippen MR) is 131 cm³/mol. The monoisotopic (exact) mass is 473 g/mol. The fourth-order valence-corrected chi connectivity index (χ4v) is 3.97. The van der Waals surface area contributed by atoms with Crippen LogP contribution in [-0.4, -0.2) is 34.9 Å². The van der Waals surface area contributed by atoms with Crippen molar-refractivity contribution in [1.82, 2.24) is 4.90 Å². The van der Waals surface area contributed by atoms with E-state index in [4.69, 9.17) is 13.9 Å². The van der Waals surface area contributed by atoms with Crippen LogP contribution in [-0.2, 0) is 16.1 Å². The molecule has 1 N–H and O–H groups in total. The van der Waals surface area contributed by atoms with Crippen molar-refractivity contribution in [2.45, 2.75) is 25.9 Å². The molecule has 1 atom stereocenters. The SMILES string of the molecule is C=CCOc1ccc(C2/C(=C(\O)c3cccc(OCCC)c3)C(=O)C(=O)N2Cc2ccco2)cc1. The average Bonchev–Trinajstić information content (AvgIpc) is 3.49. The number of ether oxygens (including phenoxy) is 2. The molecule has 0 radical (unpaired) electrons. The van der Waals surface area contributed by atoms with Gasteiger partial charge in [-0.15, -0.1) is 0 Å². The van der Waals surface area contributed by atoms with Crippen molar-refractivity contribution in [2.24, 2.45) is 0 Å². The van der Waals surface area contributed by atoms with Gasteiger partial charge >= 0.3 is 0 Å². The Labute approximate surface area is 203 Å². The summed E-state index contributed by atoms with van der Waals surface area (Å²) in [6.45, 7) is 6.60. The lowest BCUT2D eigenvalue weighted by molar-refractivity contribution is -0.140. The van der Waals surface area contributed by atoms with Crippen molar-refractivity contribution < 1.29 is 28.6 Å². The summed E-state index contributed by atoms with van der Waals surface area (Å²) in [4.78, 5) is 27.7. The Hall–Kier alpha value is -4.26. The van der Waals surface area contributed by atoms with Gasteiger partial charge in [-0.1, -0.05) is 43.8 Å². The zero-order chi connectivity index (χ0) is 24.8. The van der Waals surface area contributed by atoms with Gasteiger partial charge in [0.2, 0.25) is 0 Å². The molecule has 1 amide bonds. The van der Waals surface area contributed by atoms with Crippen LogP contribution in [0.2, 0.25) is 0 Å². The van der Waals surface area contributed by atoms with Gasteiger partial charge in [-0.2, -0.15) is 0 Å². The number of benzene rings is 2. The number of Topliss-reactive ketones (excluding diaryl/α,β-unsaturated/α-hetero) is 1. The normalized spacial score (nSPS) is 16.9. The largest absolute Gasteiger partial charge is 0.507 e. The highest BCUT2D eigenvalue weighted by molar-refractivity contribution is 6.46. The third-order valence-corrected chi connectivity index (χ3v) is 5.59. The molecule has 1 aromatic heterocycles. The van der Waals surface area contributed by atoms with E-state index in [0.29, 0.717) is 41.6 Å². The zero-order valence-corrected chi connectivity index (χ0v) is 19.5. The van der Waals surface area contributed by atoms with Gasteiger partial charge in [-0.3, -0.25) is 9.59 Å². The van der Waals surface area contributed by atoms with E-state index in [2.05, 4.69) is 6.58 Å². The fraction of sp³-hybridized carbons (Fsp3) is 0.214. The van der Waals surface area contributed by atoms with Crippen LogP contribution in [0.15, 0.2) is 89.6 Å². The molecule has 35 heavy (non-hydrogen) atoms. The van der Waals surface area contributed by atoms with E-state index in [-0.39, 0.29) is 17.9 Å². The molecule has 0 spiro atoms. The lowest BCUT2D eigenvalue weighted by Gasteiger charge is -2.24. The minimum atomic E-state index is -0.811. The second kappa shape index (κ2) is 10.8. The first-order valence-corrected chi connectivity index (χ1v) is 11.4. The zero-order valence-electron chi connectivity index (χ0n) is 19.5. The van der Waals surface area contributed by atoms with Crippen LogP contribution in [0.4, 0.5) is 0 Å². The molecule has 1 aliphatic rings. The van der Waals surface area contributed by atoms with Crippen molar-refractivity contribution in [2.75, 3.05) is 13.2 Å². The van der Waals surface area contributed by atoms with Gasteiger partial charge in [0.05, 0.1) is 31.0 Å². The molecule has 7 nitrogen and oxygen atoms in total. The van der Waals surface area contributed by atoms with Crippen molar-refractivity contribution in [3.05, 3.63) is 102 Å². The first kappa shape index (κ1) is 23.9. The molecule has 0 bridgehead atoms. The summed E-state index contributed by atoms with van der Waals surface area (Å²) in [7, 11) is 0. The highest BCUT2D eigenvalue weighted by atomic mass is 16.5. The first-order chi connectivity index (χ1) is 17.0. The third kappa shape index (κ3) is 5.14. The molecule has 2 aromatic carbocycles. The van der Waals surface area contributed by atoms with E-state index in [1.807, 2.05) is 6.92 Å². The number of likely N-dealkylation sites (tertiary alicyclic amines) is 1. The summed E-state index contributed by atoms with van der Waals surface area (Å²) in [5.41, 5.74) is 1.06. The quantitative estimate of drug-likeness (QED) is 0.187. The lowest BCUT2D eigenvalue weighted by atomic mass is 9.95. The molecule has 1 aliphatic heterocycles. The van der Waals surface area contributed by atoms with Gasteiger partial charge < -0.3 is 23.9 Å². The number of nitrogens with zero attached hydrogens (tertiary/aromatic N) is 1. The molecule has 1 fully saturated rings. The summed E-state index contributed by atoms with van der Waals surface area (Å²) >= 11 is 0. The van der Waals surface area contributed by atoms with E-state index in [1.165, 1.54) is 11.2 Å². The standard InChI is InChI=1S/C28H27NO6/c1-3-14-33-21-12-10-19(11-13-21)25-24(26(30)20-7-5-8-22(17-20)34-15-4-2)27(31)28(32)29(25)18-23-9-6-16-35-23/h3,5-13,16-17,25,30H,1,4,14-15,18H2,2H3/b26-24+. The van der Waals surface area contributed by atoms with Crippen molar-refractivity contribution in [1.29, 1.82) is 0 Å². The third-order valence-electron chi connectivity index (χ3n) is 5.59. The predicted octanol–water partition coefficient (Wildman–Crippen LogP) is 5.26. The molecule has 2 heterocycles. The number of rotatable bonds is 10. The molecular formula is C28H27NO6. The van der Waals surface area contributed by atoms with Crippen LogP contribution in [0.25, 0.3) is 5.76 Å². The minimum absolute atomic E-state index is 0.00829. The van der Waals surface area contributed by atoms with Gasteiger partial charge in [0.15, 0.2) is 0 Å². The van der Waals surface area contributed by atoms with Crippen LogP contribution in [0.3, 0.4) is 0 Å². The number of furan rings is 1. The highest BCUT2D eigenvalue weighted by Crippen LogP contribution is 2.41. The summed E-state index contributed by atoms with van der Waals surface area (Å²) in [6, 6.07) is 16.6. The van der Waals surface area contributed by atoms with Gasteiger partial charge in [0, 0.05) is 5.56 Å². The van der Waals surface area contributed by atoms with Gasteiger partial charge in [-0.05, 0) is 48.4 Å². The number of carbonyl (C=O) groups is 2. The topological polar surface area (TPSA) is 89.2 Å². The first-order valence-electron chi connectivity index (χ1n) is 11.4. The van der Waals surface area contributed by atoms with Gasteiger partial charge in [-0.25, -0.2) is 0 Å². The van der Waals surface area contributed by atoms with Crippen LogP contribution < -0.4 is 9.47 Å².